The summed E-state index contributed by atoms with van der Waals surface area (Å²) in [5, 5.41) is 12.0. The number of benzene rings is 3. The Balaban J connectivity index is 1.63. The highest BCUT2D eigenvalue weighted by Crippen LogP contribution is 2.48. The van der Waals surface area contributed by atoms with Crippen molar-refractivity contribution < 1.29 is 9.53 Å². The van der Waals surface area contributed by atoms with Crippen LogP contribution in [0.4, 0.5) is 5.69 Å². The van der Waals surface area contributed by atoms with E-state index in [-0.39, 0.29) is 11.6 Å². The maximum Gasteiger partial charge on any atom is 0.161 e. The van der Waals surface area contributed by atoms with Crippen LogP contribution in [0.3, 0.4) is 0 Å². The molecule has 2 aliphatic rings. The fourth-order valence-electron chi connectivity index (χ4n) is 5.65. The number of nitrogens with two attached hydrogens (primary N) is 1. The van der Waals surface area contributed by atoms with Gasteiger partial charge in [-0.1, -0.05) is 46.9 Å². The summed E-state index contributed by atoms with van der Waals surface area (Å²) < 4.78 is 6.17. The van der Waals surface area contributed by atoms with Crippen molar-refractivity contribution in [3.63, 3.8) is 0 Å². The Labute approximate surface area is 249 Å². The summed E-state index contributed by atoms with van der Waals surface area (Å²) in [5.41, 5.74) is 13.8. The van der Waals surface area contributed by atoms with Crippen LogP contribution in [0.1, 0.15) is 53.0 Å². The topological polar surface area (TPSA) is 79.4 Å². The van der Waals surface area contributed by atoms with Crippen LogP contribution in [-0.4, -0.2) is 5.78 Å². The number of halogens is 3. The highest BCUT2D eigenvalue weighted by Gasteiger charge is 2.41. The molecule has 0 saturated heterocycles. The number of hydrogen-bond acceptors (Lipinski definition) is 5. The first kappa shape index (κ1) is 28.1. The van der Waals surface area contributed by atoms with Gasteiger partial charge in [0.05, 0.1) is 28.3 Å². The van der Waals surface area contributed by atoms with Crippen molar-refractivity contribution in [3.8, 4) is 11.8 Å². The fraction of sp³-hybridized carbons (Fsp3) is 0.250. The highest BCUT2D eigenvalue weighted by atomic mass is 35.5. The Kier molecular flexibility index (Phi) is 7.88. The fourth-order valence-corrected chi connectivity index (χ4v) is 6.37. The van der Waals surface area contributed by atoms with E-state index < -0.39 is 5.92 Å². The Morgan fingerprint density at radius 3 is 2.40 bits per heavy atom. The second kappa shape index (κ2) is 11.2. The second-order valence-corrected chi connectivity index (χ2v) is 11.5. The normalized spacial score (nSPS) is 17.2. The average molecular weight is 593 g/mol. The third-order valence-electron chi connectivity index (χ3n) is 7.62. The molecule has 1 heterocycles. The number of ketones is 1. The first-order valence-corrected chi connectivity index (χ1v) is 14.1. The number of allylic oxidation sites excluding steroid dienone is 3. The summed E-state index contributed by atoms with van der Waals surface area (Å²) >= 11 is 18.9. The molecule has 0 radical (unpaired) electrons. The van der Waals surface area contributed by atoms with Crippen LogP contribution >= 0.6 is 34.8 Å². The summed E-state index contributed by atoms with van der Waals surface area (Å²) in [7, 11) is 0. The van der Waals surface area contributed by atoms with Gasteiger partial charge in [0, 0.05) is 27.7 Å². The Morgan fingerprint density at radius 1 is 0.975 bits per heavy atom. The summed E-state index contributed by atoms with van der Waals surface area (Å²) in [5.74, 6) is 0.427. The van der Waals surface area contributed by atoms with Gasteiger partial charge in [-0.25, -0.2) is 0 Å². The average Bonchev–Trinajstić information content (AvgIpc) is 2.89. The zero-order valence-corrected chi connectivity index (χ0v) is 24.7. The molecule has 0 spiro atoms. The van der Waals surface area contributed by atoms with Crippen molar-refractivity contribution >= 4 is 46.3 Å². The van der Waals surface area contributed by atoms with E-state index in [1.165, 1.54) is 0 Å². The lowest BCUT2D eigenvalue weighted by molar-refractivity contribution is -0.116. The van der Waals surface area contributed by atoms with Crippen LogP contribution in [-0.2, 0) is 11.4 Å². The molecule has 8 heteroatoms. The number of Topliss-reactive ketones (excluding diaryl/α,β-unsaturated/α-hetero) is 1. The van der Waals surface area contributed by atoms with E-state index in [2.05, 4.69) is 12.1 Å². The molecule has 1 atom stereocenters. The molecule has 1 unspecified atom stereocenters. The van der Waals surface area contributed by atoms with Gasteiger partial charge in [-0.3, -0.25) is 9.69 Å². The van der Waals surface area contributed by atoms with Gasteiger partial charge in [0.2, 0.25) is 0 Å². The predicted octanol–water partition coefficient (Wildman–Crippen LogP) is 8.46. The van der Waals surface area contributed by atoms with Crippen molar-refractivity contribution in [2.24, 2.45) is 5.73 Å². The van der Waals surface area contributed by atoms with E-state index in [0.717, 1.165) is 39.3 Å². The van der Waals surface area contributed by atoms with Gasteiger partial charge in [0.15, 0.2) is 5.78 Å². The SMILES string of the molecule is Cc1cc(C)c(C2C(C#N)=C(N)N(c3ccc(Cl)cc3Cl)C3=C2C(=O)CCC3)cc1COc1ccc(Cl)cc1C. The molecule has 40 heavy (non-hydrogen) atoms. The van der Waals surface area contributed by atoms with Crippen molar-refractivity contribution in [3.05, 3.63) is 114 Å². The molecule has 204 valence electrons. The van der Waals surface area contributed by atoms with E-state index in [1.54, 1.807) is 29.2 Å². The minimum atomic E-state index is -0.591. The van der Waals surface area contributed by atoms with E-state index in [0.29, 0.717) is 57.8 Å². The van der Waals surface area contributed by atoms with Gasteiger partial charge in [-0.2, -0.15) is 5.26 Å². The highest BCUT2D eigenvalue weighted by molar-refractivity contribution is 6.36. The lowest BCUT2D eigenvalue weighted by atomic mass is 9.74. The molecule has 1 aliphatic carbocycles. The smallest absolute Gasteiger partial charge is 0.161 e. The Bertz CT molecular complexity index is 1650. The van der Waals surface area contributed by atoms with E-state index in [1.807, 2.05) is 39.0 Å². The first-order chi connectivity index (χ1) is 19.1. The molecule has 3 aromatic rings. The quantitative estimate of drug-likeness (QED) is 0.321. The number of rotatable bonds is 5. The molecule has 5 rings (SSSR count). The summed E-state index contributed by atoms with van der Waals surface area (Å²) in [4.78, 5) is 15.3. The molecule has 1 aliphatic heterocycles. The van der Waals surface area contributed by atoms with E-state index in [9.17, 15) is 10.1 Å². The molecular formula is C32H28Cl3N3O2. The van der Waals surface area contributed by atoms with Crippen LogP contribution in [0.5, 0.6) is 5.75 Å². The number of nitriles is 1. The molecule has 0 aromatic heterocycles. The summed E-state index contributed by atoms with van der Waals surface area (Å²) in [6.07, 6.45) is 1.73. The summed E-state index contributed by atoms with van der Waals surface area (Å²) in [6.45, 7) is 6.30. The molecule has 0 fully saturated rings. The van der Waals surface area contributed by atoms with Crippen molar-refractivity contribution in [2.45, 2.75) is 52.6 Å². The molecule has 3 aromatic carbocycles. The van der Waals surface area contributed by atoms with E-state index >= 15 is 0 Å². The Hall–Kier alpha value is -3.43. The van der Waals surface area contributed by atoms with Crippen LogP contribution in [0.25, 0.3) is 0 Å². The number of hydrogen-bond donors (Lipinski definition) is 1. The van der Waals surface area contributed by atoms with Gasteiger partial charge >= 0.3 is 0 Å². The monoisotopic (exact) mass is 591 g/mol. The van der Waals surface area contributed by atoms with E-state index in [4.69, 9.17) is 45.3 Å². The number of carbonyl (C=O) groups is 1. The zero-order chi connectivity index (χ0) is 28.7. The van der Waals surface area contributed by atoms with Crippen LogP contribution in [0.2, 0.25) is 15.1 Å². The molecular weight excluding hydrogens is 565 g/mol. The van der Waals surface area contributed by atoms with Gasteiger partial charge in [0.25, 0.3) is 0 Å². The number of anilines is 1. The molecule has 5 nitrogen and oxygen atoms in total. The summed E-state index contributed by atoms with van der Waals surface area (Å²) in [6, 6.07) is 17.1. The van der Waals surface area contributed by atoms with Gasteiger partial charge in [-0.15, -0.1) is 0 Å². The lowest BCUT2D eigenvalue weighted by Gasteiger charge is -2.40. The number of aryl methyl sites for hydroxylation is 3. The third-order valence-corrected chi connectivity index (χ3v) is 8.39. The van der Waals surface area contributed by atoms with Crippen LogP contribution < -0.4 is 15.4 Å². The molecule has 0 bridgehead atoms. The largest absolute Gasteiger partial charge is 0.489 e. The van der Waals surface area contributed by atoms with Crippen LogP contribution in [0, 0.1) is 32.1 Å². The minimum Gasteiger partial charge on any atom is -0.489 e. The molecule has 0 amide bonds. The minimum absolute atomic E-state index is 0.0103. The van der Waals surface area contributed by atoms with Crippen molar-refractivity contribution in [1.82, 2.24) is 0 Å². The van der Waals surface area contributed by atoms with Gasteiger partial charge in [0.1, 0.15) is 18.2 Å². The van der Waals surface area contributed by atoms with Crippen molar-refractivity contribution in [2.75, 3.05) is 4.90 Å². The first-order valence-electron chi connectivity index (χ1n) is 13.0. The van der Waals surface area contributed by atoms with Gasteiger partial charge < -0.3 is 10.5 Å². The predicted molar refractivity (Wildman–Crippen MR) is 161 cm³/mol. The maximum atomic E-state index is 13.6. The Morgan fingerprint density at radius 2 is 1.70 bits per heavy atom. The number of nitrogens with zero attached hydrogens (tertiary/aromatic N) is 2. The third kappa shape index (κ3) is 5.08. The number of carbonyl (C=O) groups excluding carboxylic acids is 1. The lowest BCUT2D eigenvalue weighted by Crippen LogP contribution is -2.39. The van der Waals surface area contributed by atoms with Crippen LogP contribution in [0.15, 0.2) is 71.2 Å². The molecule has 2 N–H and O–H groups in total. The molecule has 0 saturated carbocycles. The standard InChI is InChI=1S/C32H28Cl3N3O2/c1-17-11-18(2)23(13-20(17)16-40-29-10-8-21(33)12-19(29)3)30-24(15-36)32(37)38(26-9-7-22(34)14-25(26)35)27-5-4-6-28(39)31(27)30/h7-14,30H,4-6,16,37H2,1-3H3. The van der Waals surface area contributed by atoms with Gasteiger partial charge in [-0.05, 0) is 97.8 Å². The second-order valence-electron chi connectivity index (χ2n) is 10.2. The number of ether oxygens (including phenoxy) is 1. The zero-order valence-electron chi connectivity index (χ0n) is 22.4. The maximum absolute atomic E-state index is 13.6. The van der Waals surface area contributed by atoms with Crippen molar-refractivity contribution in [1.29, 1.82) is 5.26 Å².